The summed E-state index contributed by atoms with van der Waals surface area (Å²) in [5.41, 5.74) is 0. The molecule has 0 saturated heterocycles. The zero-order valence-corrected chi connectivity index (χ0v) is 9.22. The van der Waals surface area contributed by atoms with Gasteiger partial charge in [0.2, 0.25) is 0 Å². The molecule has 4 nitrogen and oxygen atoms in total. The molecule has 0 spiro atoms. The lowest BCUT2D eigenvalue weighted by atomic mass is 10.1. The molecule has 17 heavy (non-hydrogen) atoms. The largest absolute Gasteiger partial charge is 0.461 e. The third kappa shape index (κ3) is 2.93. The van der Waals surface area contributed by atoms with Crippen LogP contribution in [0.3, 0.4) is 0 Å². The lowest BCUT2D eigenvalue weighted by molar-refractivity contribution is 0.0928. The number of hydrogen-bond acceptors (Lipinski definition) is 4. The summed E-state index contributed by atoms with van der Waals surface area (Å²) in [6.07, 6.45) is 4.03. The Morgan fingerprint density at radius 2 is 1.35 bits per heavy atom. The molecule has 0 fully saturated rings. The van der Waals surface area contributed by atoms with Crippen LogP contribution in [0.15, 0.2) is 45.6 Å². The lowest BCUT2D eigenvalue weighted by Crippen LogP contribution is -2.01. The number of ketones is 2. The maximum atomic E-state index is 11.5. The minimum Gasteiger partial charge on any atom is -0.461 e. The number of furan rings is 2. The van der Waals surface area contributed by atoms with Crippen LogP contribution in [-0.2, 0) is 0 Å². The van der Waals surface area contributed by atoms with Crippen LogP contribution in [0.25, 0.3) is 0 Å². The highest BCUT2D eigenvalue weighted by Gasteiger charge is 2.12. The highest BCUT2D eigenvalue weighted by Crippen LogP contribution is 2.11. The zero-order valence-electron chi connectivity index (χ0n) is 9.22. The van der Waals surface area contributed by atoms with Crippen molar-refractivity contribution in [3.63, 3.8) is 0 Å². The van der Waals surface area contributed by atoms with Gasteiger partial charge in [-0.25, -0.2) is 0 Å². The summed E-state index contributed by atoms with van der Waals surface area (Å²) in [7, 11) is 0. The molecular formula is C13H12O4. The first-order valence-corrected chi connectivity index (χ1v) is 5.41. The van der Waals surface area contributed by atoms with Gasteiger partial charge in [-0.1, -0.05) is 0 Å². The first-order valence-electron chi connectivity index (χ1n) is 5.41. The summed E-state index contributed by atoms with van der Waals surface area (Å²) < 4.78 is 9.94. The van der Waals surface area contributed by atoms with Crippen molar-refractivity contribution in [3.8, 4) is 0 Å². The van der Waals surface area contributed by atoms with Crippen molar-refractivity contribution in [2.24, 2.45) is 0 Å². The molecule has 0 aliphatic heterocycles. The zero-order chi connectivity index (χ0) is 12.1. The smallest absolute Gasteiger partial charge is 0.197 e. The minimum absolute atomic E-state index is 0.0813. The van der Waals surface area contributed by atoms with Crippen molar-refractivity contribution in [2.75, 3.05) is 0 Å². The maximum absolute atomic E-state index is 11.5. The molecule has 0 radical (unpaired) electrons. The van der Waals surface area contributed by atoms with Gasteiger partial charge in [-0.05, 0) is 30.7 Å². The van der Waals surface area contributed by atoms with Crippen LogP contribution in [0.2, 0.25) is 0 Å². The molecule has 4 heteroatoms. The Bertz CT molecular complexity index is 433. The predicted octanol–water partition coefficient (Wildman–Crippen LogP) is 3.11. The first kappa shape index (κ1) is 11.4. The molecular weight excluding hydrogens is 220 g/mol. The molecule has 0 amide bonds. The Kier molecular flexibility index (Phi) is 3.55. The predicted molar refractivity (Wildman–Crippen MR) is 59.9 cm³/mol. The fourth-order valence-electron chi connectivity index (χ4n) is 1.53. The second-order valence-corrected chi connectivity index (χ2v) is 3.65. The van der Waals surface area contributed by atoms with Crippen LogP contribution in [0, 0.1) is 0 Å². The second-order valence-electron chi connectivity index (χ2n) is 3.65. The standard InChI is InChI=1S/C13H12O4/c14-10(12-6-2-8-16-12)4-1-5-11(15)13-7-3-9-17-13/h2-3,6-9H,1,4-5H2. The van der Waals surface area contributed by atoms with Gasteiger partial charge >= 0.3 is 0 Å². The quantitative estimate of drug-likeness (QED) is 0.718. The summed E-state index contributed by atoms with van der Waals surface area (Å²) in [6, 6.07) is 6.58. The van der Waals surface area contributed by atoms with Crippen LogP contribution in [0.5, 0.6) is 0 Å². The highest BCUT2D eigenvalue weighted by molar-refractivity contribution is 5.95. The van der Waals surface area contributed by atoms with E-state index in [0.29, 0.717) is 30.8 Å². The molecule has 88 valence electrons. The Labute approximate surface area is 98.2 Å². The number of carbonyl (C=O) groups excluding carboxylic acids is 2. The number of hydrogen-bond donors (Lipinski definition) is 0. The summed E-state index contributed by atoms with van der Waals surface area (Å²) >= 11 is 0. The molecule has 0 atom stereocenters. The van der Waals surface area contributed by atoms with E-state index >= 15 is 0 Å². The molecule has 0 aliphatic carbocycles. The van der Waals surface area contributed by atoms with Gasteiger partial charge in [-0.15, -0.1) is 0 Å². The van der Waals surface area contributed by atoms with E-state index in [-0.39, 0.29) is 11.6 Å². The van der Waals surface area contributed by atoms with Gasteiger partial charge in [0.15, 0.2) is 23.1 Å². The topological polar surface area (TPSA) is 60.4 Å². The maximum Gasteiger partial charge on any atom is 0.197 e. The SMILES string of the molecule is O=C(CCCC(=O)c1ccco1)c1ccco1. The minimum atomic E-state index is -0.0813. The third-order valence-corrected chi connectivity index (χ3v) is 2.40. The van der Waals surface area contributed by atoms with Gasteiger partial charge in [0, 0.05) is 12.8 Å². The first-order chi connectivity index (χ1) is 8.27. The van der Waals surface area contributed by atoms with Crippen LogP contribution >= 0.6 is 0 Å². The average molecular weight is 232 g/mol. The number of rotatable bonds is 6. The summed E-state index contributed by atoms with van der Waals surface area (Å²) in [5, 5.41) is 0. The highest BCUT2D eigenvalue weighted by atomic mass is 16.3. The van der Waals surface area contributed by atoms with E-state index in [1.807, 2.05) is 0 Å². The van der Waals surface area contributed by atoms with Gasteiger partial charge in [-0.3, -0.25) is 9.59 Å². The van der Waals surface area contributed by atoms with Crippen molar-refractivity contribution in [1.29, 1.82) is 0 Å². The van der Waals surface area contributed by atoms with E-state index in [4.69, 9.17) is 8.83 Å². The van der Waals surface area contributed by atoms with Crippen LogP contribution in [-0.4, -0.2) is 11.6 Å². The van der Waals surface area contributed by atoms with E-state index in [9.17, 15) is 9.59 Å². The monoisotopic (exact) mass is 232 g/mol. The fourth-order valence-corrected chi connectivity index (χ4v) is 1.53. The fraction of sp³-hybridized carbons (Fsp3) is 0.231. The Morgan fingerprint density at radius 3 is 1.71 bits per heavy atom. The molecule has 0 aromatic carbocycles. The van der Waals surface area contributed by atoms with E-state index in [2.05, 4.69) is 0 Å². The molecule has 2 rings (SSSR count). The Balaban J connectivity index is 1.77. The van der Waals surface area contributed by atoms with Gasteiger partial charge < -0.3 is 8.83 Å². The average Bonchev–Trinajstić information content (AvgIpc) is 3.02. The summed E-state index contributed by atoms with van der Waals surface area (Å²) in [4.78, 5) is 23.1. The van der Waals surface area contributed by atoms with Crippen molar-refractivity contribution in [3.05, 3.63) is 48.3 Å². The molecule has 2 aromatic rings. The molecule has 0 saturated carbocycles. The molecule has 0 unspecified atom stereocenters. The van der Waals surface area contributed by atoms with Crippen LogP contribution in [0.4, 0.5) is 0 Å². The lowest BCUT2D eigenvalue weighted by Gasteiger charge is -1.97. The third-order valence-electron chi connectivity index (χ3n) is 2.40. The van der Waals surface area contributed by atoms with Crippen LogP contribution < -0.4 is 0 Å². The Hall–Kier alpha value is -2.10. The molecule has 0 N–H and O–H groups in total. The van der Waals surface area contributed by atoms with E-state index < -0.39 is 0 Å². The molecule has 0 bridgehead atoms. The van der Waals surface area contributed by atoms with Crippen LogP contribution in [0.1, 0.15) is 40.4 Å². The van der Waals surface area contributed by atoms with Gasteiger partial charge in [0.25, 0.3) is 0 Å². The van der Waals surface area contributed by atoms with E-state index in [0.717, 1.165) is 0 Å². The van der Waals surface area contributed by atoms with E-state index in [1.54, 1.807) is 24.3 Å². The summed E-state index contributed by atoms with van der Waals surface area (Å²) in [6.45, 7) is 0. The van der Waals surface area contributed by atoms with Gasteiger partial charge in [-0.2, -0.15) is 0 Å². The number of Topliss-reactive ketones (excluding diaryl/α,β-unsaturated/α-hetero) is 2. The Morgan fingerprint density at radius 1 is 0.882 bits per heavy atom. The van der Waals surface area contributed by atoms with Gasteiger partial charge in [0.05, 0.1) is 12.5 Å². The number of carbonyl (C=O) groups is 2. The van der Waals surface area contributed by atoms with Crippen molar-refractivity contribution >= 4 is 11.6 Å². The van der Waals surface area contributed by atoms with Gasteiger partial charge in [0.1, 0.15) is 0 Å². The summed E-state index contributed by atoms with van der Waals surface area (Å²) in [5.74, 6) is 0.524. The van der Waals surface area contributed by atoms with Crippen molar-refractivity contribution in [2.45, 2.75) is 19.3 Å². The van der Waals surface area contributed by atoms with E-state index in [1.165, 1.54) is 12.5 Å². The normalized spacial score (nSPS) is 10.4. The van der Waals surface area contributed by atoms with Crippen molar-refractivity contribution in [1.82, 2.24) is 0 Å². The molecule has 0 aliphatic rings. The second kappa shape index (κ2) is 5.30. The van der Waals surface area contributed by atoms with Crippen molar-refractivity contribution < 1.29 is 18.4 Å². The molecule has 2 aromatic heterocycles. The molecule has 2 heterocycles.